The summed E-state index contributed by atoms with van der Waals surface area (Å²) >= 11 is 3.28. The van der Waals surface area contributed by atoms with Gasteiger partial charge in [-0.3, -0.25) is 0 Å². The molecular weight excluding hydrogens is 216 g/mol. The fraction of sp³-hybridized carbons (Fsp3) is 0.556. The Hall–Kier alpha value is -0.440. The monoisotopic (exact) mass is 228 g/mol. The molecule has 12 heavy (non-hydrogen) atoms. The van der Waals surface area contributed by atoms with Crippen LogP contribution >= 0.6 is 15.9 Å². The summed E-state index contributed by atoms with van der Waals surface area (Å²) in [7, 11) is 0. The van der Waals surface area contributed by atoms with Crippen molar-refractivity contribution in [2.24, 2.45) is 0 Å². The molecule has 0 aromatic carbocycles. The van der Waals surface area contributed by atoms with E-state index in [0.29, 0.717) is 4.73 Å². The first-order chi connectivity index (χ1) is 5.39. The Balaban J connectivity index is 3.18. The van der Waals surface area contributed by atoms with Crippen molar-refractivity contribution < 1.29 is 0 Å². The molecule has 0 amide bonds. The van der Waals surface area contributed by atoms with Crippen LogP contribution in [0.4, 0.5) is 0 Å². The zero-order valence-electron chi connectivity index (χ0n) is 7.85. The van der Waals surface area contributed by atoms with E-state index in [1.807, 2.05) is 13.0 Å². The van der Waals surface area contributed by atoms with Gasteiger partial charge < -0.3 is 0 Å². The third kappa shape index (κ3) is 2.27. The van der Waals surface area contributed by atoms with Crippen LogP contribution in [0, 0.1) is 6.92 Å². The Labute approximate surface area is 81.6 Å². The molecule has 0 fully saturated rings. The van der Waals surface area contributed by atoms with Crippen LogP contribution < -0.4 is 0 Å². The molecule has 0 bridgehead atoms. The van der Waals surface area contributed by atoms with Crippen LogP contribution in [-0.4, -0.2) is 9.97 Å². The van der Waals surface area contributed by atoms with Gasteiger partial charge in [0.2, 0.25) is 0 Å². The van der Waals surface area contributed by atoms with E-state index in [9.17, 15) is 0 Å². The Morgan fingerprint density at radius 3 is 2.25 bits per heavy atom. The predicted molar refractivity (Wildman–Crippen MR) is 53.2 cm³/mol. The van der Waals surface area contributed by atoms with E-state index in [0.717, 1.165) is 11.4 Å². The van der Waals surface area contributed by atoms with Crippen molar-refractivity contribution >= 4 is 15.9 Å². The van der Waals surface area contributed by atoms with E-state index in [1.165, 1.54) is 0 Å². The average Bonchev–Trinajstić information content (AvgIpc) is 1.82. The fourth-order valence-corrected chi connectivity index (χ4v) is 1.39. The first kappa shape index (κ1) is 9.65. The van der Waals surface area contributed by atoms with E-state index in [-0.39, 0.29) is 5.41 Å². The van der Waals surface area contributed by atoms with Gasteiger partial charge in [0, 0.05) is 11.1 Å². The number of hydrogen-bond donors (Lipinski definition) is 0. The first-order valence-electron chi connectivity index (χ1n) is 3.91. The van der Waals surface area contributed by atoms with Gasteiger partial charge in [-0.2, -0.15) is 0 Å². The molecule has 1 rings (SSSR count). The minimum absolute atomic E-state index is 0.0935. The largest absolute Gasteiger partial charge is 0.228 e. The highest BCUT2D eigenvalue weighted by atomic mass is 79.9. The van der Waals surface area contributed by atoms with Gasteiger partial charge in [-0.15, -0.1) is 0 Å². The van der Waals surface area contributed by atoms with Crippen LogP contribution in [0.2, 0.25) is 0 Å². The standard InChI is InChI=1S/C9H13BrN2/c1-6-5-7(9(2,3)4)12-8(10)11-6/h5H,1-4H3. The number of nitrogens with zero attached hydrogens (tertiary/aromatic N) is 2. The van der Waals surface area contributed by atoms with Gasteiger partial charge in [0.25, 0.3) is 0 Å². The van der Waals surface area contributed by atoms with Crippen molar-refractivity contribution in [2.45, 2.75) is 33.1 Å². The highest BCUT2D eigenvalue weighted by Gasteiger charge is 2.16. The summed E-state index contributed by atoms with van der Waals surface area (Å²) in [5.41, 5.74) is 2.17. The molecule has 2 nitrogen and oxygen atoms in total. The molecule has 0 N–H and O–H groups in total. The van der Waals surface area contributed by atoms with Crippen LogP contribution in [0.3, 0.4) is 0 Å². The third-order valence-corrected chi connectivity index (χ3v) is 1.95. The van der Waals surface area contributed by atoms with Crippen molar-refractivity contribution in [3.05, 3.63) is 22.2 Å². The summed E-state index contributed by atoms with van der Waals surface area (Å²) in [6.45, 7) is 8.39. The molecule has 66 valence electrons. The highest BCUT2D eigenvalue weighted by Crippen LogP contribution is 2.21. The minimum atomic E-state index is 0.0935. The van der Waals surface area contributed by atoms with Gasteiger partial charge >= 0.3 is 0 Å². The van der Waals surface area contributed by atoms with Crippen molar-refractivity contribution in [3.63, 3.8) is 0 Å². The lowest BCUT2D eigenvalue weighted by molar-refractivity contribution is 0.563. The number of rotatable bonds is 0. The summed E-state index contributed by atoms with van der Waals surface area (Å²) in [6.07, 6.45) is 0. The molecule has 0 aliphatic rings. The van der Waals surface area contributed by atoms with Crippen molar-refractivity contribution in [1.29, 1.82) is 0 Å². The van der Waals surface area contributed by atoms with Crippen LogP contribution in [-0.2, 0) is 5.41 Å². The van der Waals surface area contributed by atoms with Crippen LogP contribution in [0.25, 0.3) is 0 Å². The Kier molecular flexibility index (Phi) is 2.52. The molecule has 0 radical (unpaired) electrons. The lowest BCUT2D eigenvalue weighted by atomic mass is 9.92. The van der Waals surface area contributed by atoms with E-state index in [1.54, 1.807) is 0 Å². The highest BCUT2D eigenvalue weighted by molar-refractivity contribution is 9.10. The second kappa shape index (κ2) is 3.13. The maximum absolute atomic E-state index is 4.31. The van der Waals surface area contributed by atoms with Gasteiger partial charge in [-0.25, -0.2) is 9.97 Å². The topological polar surface area (TPSA) is 25.8 Å². The molecule has 0 unspecified atom stereocenters. The summed E-state index contributed by atoms with van der Waals surface area (Å²) in [6, 6.07) is 2.02. The molecule has 0 saturated carbocycles. The normalized spacial score (nSPS) is 11.8. The molecule has 1 aromatic rings. The van der Waals surface area contributed by atoms with E-state index < -0.39 is 0 Å². The third-order valence-electron chi connectivity index (χ3n) is 1.60. The van der Waals surface area contributed by atoms with Gasteiger partial charge in [-0.1, -0.05) is 20.8 Å². The molecule has 0 saturated heterocycles. The maximum Gasteiger partial charge on any atom is 0.197 e. The Morgan fingerprint density at radius 2 is 1.83 bits per heavy atom. The quantitative estimate of drug-likeness (QED) is 0.639. The van der Waals surface area contributed by atoms with Crippen molar-refractivity contribution in [2.75, 3.05) is 0 Å². The molecule has 0 aliphatic carbocycles. The van der Waals surface area contributed by atoms with E-state index >= 15 is 0 Å². The Bertz CT molecular complexity index is 269. The molecule has 1 aromatic heterocycles. The lowest BCUT2D eigenvalue weighted by Gasteiger charge is -2.17. The maximum atomic E-state index is 4.31. The van der Waals surface area contributed by atoms with E-state index in [2.05, 4.69) is 46.7 Å². The van der Waals surface area contributed by atoms with Gasteiger partial charge in [0.1, 0.15) is 0 Å². The summed E-state index contributed by atoms with van der Waals surface area (Å²) < 4.78 is 0.674. The molecular formula is C9H13BrN2. The van der Waals surface area contributed by atoms with Gasteiger partial charge in [-0.05, 0) is 28.9 Å². The number of aromatic nitrogens is 2. The molecule has 3 heteroatoms. The number of hydrogen-bond acceptors (Lipinski definition) is 2. The summed E-state index contributed by atoms with van der Waals surface area (Å²) in [4.78, 5) is 8.46. The lowest BCUT2D eigenvalue weighted by Crippen LogP contribution is -2.14. The summed E-state index contributed by atoms with van der Waals surface area (Å²) in [5.74, 6) is 0. The number of aryl methyl sites for hydroxylation is 1. The zero-order chi connectivity index (χ0) is 9.35. The zero-order valence-corrected chi connectivity index (χ0v) is 9.44. The second-order valence-corrected chi connectivity index (χ2v) is 4.62. The first-order valence-corrected chi connectivity index (χ1v) is 4.70. The average molecular weight is 229 g/mol. The van der Waals surface area contributed by atoms with Crippen molar-refractivity contribution in [3.8, 4) is 0 Å². The van der Waals surface area contributed by atoms with Crippen LogP contribution in [0.15, 0.2) is 10.8 Å². The number of halogens is 1. The Morgan fingerprint density at radius 1 is 1.25 bits per heavy atom. The fourth-order valence-electron chi connectivity index (χ4n) is 0.917. The molecule has 0 aliphatic heterocycles. The molecule has 0 atom stereocenters. The van der Waals surface area contributed by atoms with Gasteiger partial charge in [0.15, 0.2) is 4.73 Å². The minimum Gasteiger partial charge on any atom is -0.228 e. The molecule has 0 spiro atoms. The van der Waals surface area contributed by atoms with Gasteiger partial charge in [0.05, 0.1) is 5.69 Å². The van der Waals surface area contributed by atoms with Crippen LogP contribution in [0.1, 0.15) is 32.2 Å². The van der Waals surface area contributed by atoms with Crippen molar-refractivity contribution in [1.82, 2.24) is 9.97 Å². The summed E-state index contributed by atoms with van der Waals surface area (Å²) in [5, 5.41) is 0. The smallest absolute Gasteiger partial charge is 0.197 e. The second-order valence-electron chi connectivity index (χ2n) is 3.91. The molecule has 1 heterocycles. The SMILES string of the molecule is Cc1cc(C(C)(C)C)nc(Br)n1. The van der Waals surface area contributed by atoms with E-state index in [4.69, 9.17) is 0 Å². The van der Waals surface area contributed by atoms with Crippen LogP contribution in [0.5, 0.6) is 0 Å². The predicted octanol–water partition coefficient (Wildman–Crippen LogP) is 2.85.